The molecule has 1 saturated heterocycles. The summed E-state index contributed by atoms with van der Waals surface area (Å²) >= 11 is 0. The SMILES string of the molecule is CC(=O)c1ccc(N2CCC(C)(O)CC2)cc1. The molecule has 0 amide bonds. The van der Waals surface area contributed by atoms with Crippen LogP contribution in [0.4, 0.5) is 5.69 Å². The molecule has 0 aliphatic carbocycles. The van der Waals surface area contributed by atoms with Crippen LogP contribution < -0.4 is 4.90 Å². The molecule has 2 rings (SSSR count). The van der Waals surface area contributed by atoms with Gasteiger partial charge in [-0.15, -0.1) is 0 Å². The number of anilines is 1. The number of Topliss-reactive ketones (excluding diaryl/α,β-unsaturated/α-hetero) is 1. The third-order valence-electron chi connectivity index (χ3n) is 3.48. The van der Waals surface area contributed by atoms with E-state index in [1.807, 2.05) is 31.2 Å². The second kappa shape index (κ2) is 4.49. The molecule has 1 aliphatic heterocycles. The number of piperidine rings is 1. The van der Waals surface area contributed by atoms with Gasteiger partial charge in [0.1, 0.15) is 0 Å². The minimum atomic E-state index is -0.518. The predicted octanol–water partition coefficient (Wildman–Crippen LogP) is 2.24. The van der Waals surface area contributed by atoms with Crippen LogP contribution in [0.1, 0.15) is 37.0 Å². The lowest BCUT2D eigenvalue weighted by molar-refractivity contribution is 0.0351. The Hall–Kier alpha value is -1.35. The van der Waals surface area contributed by atoms with Crippen molar-refractivity contribution in [2.45, 2.75) is 32.3 Å². The fourth-order valence-corrected chi connectivity index (χ4v) is 2.15. The molecule has 0 saturated carbocycles. The summed E-state index contributed by atoms with van der Waals surface area (Å²) in [6.45, 7) is 5.20. The molecule has 1 aromatic carbocycles. The van der Waals surface area contributed by atoms with Crippen molar-refractivity contribution in [3.8, 4) is 0 Å². The van der Waals surface area contributed by atoms with E-state index in [0.717, 1.165) is 37.2 Å². The Balaban J connectivity index is 2.06. The molecule has 1 aliphatic rings. The minimum Gasteiger partial charge on any atom is -0.390 e. The van der Waals surface area contributed by atoms with Crippen LogP contribution in [0, 0.1) is 0 Å². The van der Waals surface area contributed by atoms with Crippen molar-refractivity contribution in [3.05, 3.63) is 29.8 Å². The van der Waals surface area contributed by atoms with Gasteiger partial charge in [0.15, 0.2) is 5.78 Å². The third-order valence-corrected chi connectivity index (χ3v) is 3.48. The monoisotopic (exact) mass is 233 g/mol. The van der Waals surface area contributed by atoms with E-state index in [4.69, 9.17) is 0 Å². The van der Waals surface area contributed by atoms with Gasteiger partial charge in [-0.2, -0.15) is 0 Å². The molecule has 1 heterocycles. The van der Waals surface area contributed by atoms with E-state index in [1.54, 1.807) is 6.92 Å². The Kier molecular flexibility index (Phi) is 3.20. The van der Waals surface area contributed by atoms with Crippen molar-refractivity contribution in [1.82, 2.24) is 0 Å². The summed E-state index contributed by atoms with van der Waals surface area (Å²) in [4.78, 5) is 13.4. The Labute approximate surface area is 102 Å². The first-order valence-electron chi connectivity index (χ1n) is 6.06. The van der Waals surface area contributed by atoms with Crippen LogP contribution in [0.5, 0.6) is 0 Å². The van der Waals surface area contributed by atoms with Crippen molar-refractivity contribution in [2.75, 3.05) is 18.0 Å². The summed E-state index contributed by atoms with van der Waals surface area (Å²) in [6, 6.07) is 7.70. The first-order chi connectivity index (χ1) is 7.98. The average Bonchev–Trinajstić information content (AvgIpc) is 2.29. The first kappa shape index (κ1) is 12.1. The Morgan fingerprint density at radius 1 is 1.24 bits per heavy atom. The van der Waals surface area contributed by atoms with E-state index in [9.17, 15) is 9.90 Å². The minimum absolute atomic E-state index is 0.0955. The number of hydrogen-bond acceptors (Lipinski definition) is 3. The highest BCUT2D eigenvalue weighted by molar-refractivity contribution is 5.94. The van der Waals surface area contributed by atoms with Gasteiger partial charge in [-0.05, 0) is 51.0 Å². The first-order valence-corrected chi connectivity index (χ1v) is 6.06. The molecule has 0 bridgehead atoms. The smallest absolute Gasteiger partial charge is 0.159 e. The van der Waals surface area contributed by atoms with Gasteiger partial charge in [0.25, 0.3) is 0 Å². The van der Waals surface area contributed by atoms with Crippen LogP contribution >= 0.6 is 0 Å². The highest BCUT2D eigenvalue weighted by Gasteiger charge is 2.27. The number of carbonyl (C=O) groups is 1. The van der Waals surface area contributed by atoms with Crippen molar-refractivity contribution in [3.63, 3.8) is 0 Å². The molecular weight excluding hydrogens is 214 g/mol. The summed E-state index contributed by atoms with van der Waals surface area (Å²) < 4.78 is 0. The molecule has 1 fully saturated rings. The van der Waals surface area contributed by atoms with Crippen molar-refractivity contribution >= 4 is 11.5 Å². The average molecular weight is 233 g/mol. The normalized spacial score (nSPS) is 19.1. The summed E-state index contributed by atoms with van der Waals surface area (Å²) in [5.74, 6) is 0.0955. The van der Waals surface area contributed by atoms with Gasteiger partial charge in [-0.3, -0.25) is 4.79 Å². The van der Waals surface area contributed by atoms with E-state index in [-0.39, 0.29) is 5.78 Å². The van der Waals surface area contributed by atoms with E-state index >= 15 is 0 Å². The van der Waals surface area contributed by atoms with Gasteiger partial charge in [0.05, 0.1) is 5.60 Å². The molecule has 0 radical (unpaired) electrons. The fraction of sp³-hybridized carbons (Fsp3) is 0.500. The summed E-state index contributed by atoms with van der Waals surface area (Å²) in [7, 11) is 0. The number of nitrogens with zero attached hydrogens (tertiary/aromatic N) is 1. The number of rotatable bonds is 2. The predicted molar refractivity (Wildman–Crippen MR) is 68.5 cm³/mol. The Morgan fingerprint density at radius 3 is 2.24 bits per heavy atom. The maximum absolute atomic E-state index is 11.2. The molecule has 3 nitrogen and oxygen atoms in total. The number of hydrogen-bond donors (Lipinski definition) is 1. The van der Waals surface area contributed by atoms with Gasteiger partial charge in [-0.1, -0.05) is 0 Å². The van der Waals surface area contributed by atoms with E-state index in [0.29, 0.717) is 0 Å². The van der Waals surface area contributed by atoms with Gasteiger partial charge < -0.3 is 10.0 Å². The Morgan fingerprint density at radius 2 is 1.76 bits per heavy atom. The van der Waals surface area contributed by atoms with Gasteiger partial charge in [0, 0.05) is 24.3 Å². The highest BCUT2D eigenvalue weighted by atomic mass is 16.3. The van der Waals surface area contributed by atoms with Crippen molar-refractivity contribution in [1.29, 1.82) is 0 Å². The lowest BCUT2D eigenvalue weighted by Gasteiger charge is -2.37. The summed E-state index contributed by atoms with van der Waals surface area (Å²) in [6.07, 6.45) is 1.59. The van der Waals surface area contributed by atoms with Crippen LogP contribution in [0.2, 0.25) is 0 Å². The zero-order chi connectivity index (χ0) is 12.5. The molecular formula is C14H19NO2. The zero-order valence-electron chi connectivity index (χ0n) is 10.4. The number of carbonyl (C=O) groups excluding carboxylic acids is 1. The van der Waals surface area contributed by atoms with Gasteiger partial charge in [-0.25, -0.2) is 0 Å². The van der Waals surface area contributed by atoms with Crippen molar-refractivity contribution in [2.24, 2.45) is 0 Å². The molecule has 1 N–H and O–H groups in total. The van der Waals surface area contributed by atoms with Crippen LogP contribution in [0.15, 0.2) is 24.3 Å². The van der Waals surface area contributed by atoms with Crippen LogP contribution in [-0.4, -0.2) is 29.6 Å². The molecule has 0 unspecified atom stereocenters. The van der Waals surface area contributed by atoms with Gasteiger partial charge in [0.2, 0.25) is 0 Å². The van der Waals surface area contributed by atoms with Crippen LogP contribution in [0.25, 0.3) is 0 Å². The maximum atomic E-state index is 11.2. The topological polar surface area (TPSA) is 40.5 Å². The van der Waals surface area contributed by atoms with Crippen LogP contribution in [0.3, 0.4) is 0 Å². The fourth-order valence-electron chi connectivity index (χ4n) is 2.15. The number of benzene rings is 1. The molecule has 92 valence electrons. The molecule has 17 heavy (non-hydrogen) atoms. The lowest BCUT2D eigenvalue weighted by Crippen LogP contribution is -2.42. The second-order valence-corrected chi connectivity index (χ2v) is 5.09. The second-order valence-electron chi connectivity index (χ2n) is 5.09. The molecule has 3 heteroatoms. The number of aliphatic hydroxyl groups is 1. The Bertz CT molecular complexity index is 399. The molecule has 0 aromatic heterocycles. The zero-order valence-corrected chi connectivity index (χ0v) is 10.4. The standard InChI is InChI=1S/C14H19NO2/c1-11(16)12-3-5-13(6-4-12)15-9-7-14(2,17)8-10-15/h3-6,17H,7-10H2,1-2H3. The highest BCUT2D eigenvalue weighted by Crippen LogP contribution is 2.25. The summed E-state index contributed by atoms with van der Waals surface area (Å²) in [5, 5.41) is 9.88. The summed E-state index contributed by atoms with van der Waals surface area (Å²) in [5.41, 5.74) is 1.36. The van der Waals surface area contributed by atoms with E-state index in [2.05, 4.69) is 4.90 Å². The van der Waals surface area contributed by atoms with Gasteiger partial charge >= 0.3 is 0 Å². The lowest BCUT2D eigenvalue weighted by atomic mass is 9.93. The molecule has 0 spiro atoms. The van der Waals surface area contributed by atoms with E-state index < -0.39 is 5.60 Å². The maximum Gasteiger partial charge on any atom is 0.159 e. The molecule has 0 atom stereocenters. The van der Waals surface area contributed by atoms with Crippen LogP contribution in [-0.2, 0) is 0 Å². The quantitative estimate of drug-likeness (QED) is 0.796. The number of ketones is 1. The van der Waals surface area contributed by atoms with E-state index in [1.165, 1.54) is 0 Å². The largest absolute Gasteiger partial charge is 0.390 e. The third kappa shape index (κ3) is 2.86. The van der Waals surface area contributed by atoms with Crippen molar-refractivity contribution < 1.29 is 9.90 Å². The molecule has 1 aromatic rings.